The van der Waals surface area contributed by atoms with Gasteiger partial charge in [0.2, 0.25) is 0 Å². The Bertz CT molecular complexity index is 527. The standard InChI is InChI=1S/C12H12BrClN2O/c1-2-16-7-8(6-15-16)12(17)10-5-9(14)3-4-11(10)13/h3-7,12,17H,2H2,1H3. The molecule has 0 saturated carbocycles. The van der Waals surface area contributed by atoms with Crippen molar-refractivity contribution in [2.45, 2.75) is 19.6 Å². The Morgan fingerprint density at radius 3 is 2.94 bits per heavy atom. The van der Waals surface area contributed by atoms with Gasteiger partial charge in [0, 0.05) is 33.4 Å². The first-order chi connectivity index (χ1) is 8.11. The summed E-state index contributed by atoms with van der Waals surface area (Å²) in [5, 5.41) is 15.0. The molecule has 1 heterocycles. The fourth-order valence-corrected chi connectivity index (χ4v) is 2.24. The van der Waals surface area contributed by atoms with Crippen LogP contribution in [0.3, 0.4) is 0 Å². The minimum Gasteiger partial charge on any atom is -0.383 e. The number of hydrogen-bond acceptors (Lipinski definition) is 2. The number of aliphatic hydroxyl groups excluding tert-OH is 1. The highest BCUT2D eigenvalue weighted by Gasteiger charge is 2.15. The molecular formula is C12H12BrClN2O. The van der Waals surface area contributed by atoms with Crippen molar-refractivity contribution in [3.8, 4) is 0 Å². The van der Waals surface area contributed by atoms with Crippen LogP contribution in [0.25, 0.3) is 0 Å². The van der Waals surface area contributed by atoms with Gasteiger partial charge < -0.3 is 5.11 Å². The number of halogens is 2. The van der Waals surface area contributed by atoms with Crippen LogP contribution in [0.5, 0.6) is 0 Å². The number of hydrogen-bond donors (Lipinski definition) is 1. The zero-order valence-electron chi connectivity index (χ0n) is 9.27. The summed E-state index contributed by atoms with van der Waals surface area (Å²) in [4.78, 5) is 0. The lowest BCUT2D eigenvalue weighted by Crippen LogP contribution is -2.00. The van der Waals surface area contributed by atoms with Crippen LogP contribution in [0.4, 0.5) is 0 Å². The van der Waals surface area contributed by atoms with E-state index in [9.17, 15) is 5.11 Å². The fraction of sp³-hybridized carbons (Fsp3) is 0.250. The Labute approximate surface area is 113 Å². The van der Waals surface area contributed by atoms with Crippen LogP contribution in [0, 0.1) is 0 Å². The molecule has 2 rings (SSSR count). The highest BCUT2D eigenvalue weighted by molar-refractivity contribution is 9.10. The van der Waals surface area contributed by atoms with Crippen molar-refractivity contribution in [1.29, 1.82) is 0 Å². The Hall–Kier alpha value is -0.840. The second-order valence-corrected chi connectivity index (χ2v) is 4.99. The lowest BCUT2D eigenvalue weighted by Gasteiger charge is -2.11. The first-order valence-electron chi connectivity index (χ1n) is 5.27. The molecule has 0 aliphatic carbocycles. The molecule has 1 unspecified atom stereocenters. The zero-order valence-corrected chi connectivity index (χ0v) is 11.6. The first-order valence-corrected chi connectivity index (χ1v) is 6.44. The summed E-state index contributed by atoms with van der Waals surface area (Å²) in [5.74, 6) is 0. The normalized spacial score (nSPS) is 12.7. The number of aromatic nitrogens is 2. The molecule has 0 radical (unpaired) electrons. The quantitative estimate of drug-likeness (QED) is 0.942. The summed E-state index contributed by atoms with van der Waals surface area (Å²) in [6.07, 6.45) is 2.78. The second kappa shape index (κ2) is 5.21. The molecule has 0 bridgehead atoms. The van der Waals surface area contributed by atoms with Crippen molar-refractivity contribution in [3.05, 3.63) is 51.2 Å². The van der Waals surface area contributed by atoms with Crippen molar-refractivity contribution < 1.29 is 5.11 Å². The van der Waals surface area contributed by atoms with Gasteiger partial charge in [-0.2, -0.15) is 5.10 Å². The van der Waals surface area contributed by atoms with Crippen molar-refractivity contribution in [2.24, 2.45) is 0 Å². The summed E-state index contributed by atoms with van der Waals surface area (Å²) < 4.78 is 2.61. The first kappa shape index (κ1) is 12.6. The van der Waals surface area contributed by atoms with Crippen molar-refractivity contribution in [1.82, 2.24) is 9.78 Å². The van der Waals surface area contributed by atoms with Crippen molar-refractivity contribution in [2.75, 3.05) is 0 Å². The van der Waals surface area contributed by atoms with Gasteiger partial charge in [-0.1, -0.05) is 27.5 Å². The van der Waals surface area contributed by atoms with Crippen molar-refractivity contribution >= 4 is 27.5 Å². The van der Waals surface area contributed by atoms with Gasteiger partial charge in [-0.15, -0.1) is 0 Å². The molecule has 0 aliphatic rings. The molecule has 2 aromatic rings. The van der Waals surface area contributed by atoms with E-state index in [4.69, 9.17) is 11.6 Å². The molecule has 90 valence electrons. The minimum atomic E-state index is -0.719. The summed E-state index contributed by atoms with van der Waals surface area (Å²) in [6, 6.07) is 5.35. The summed E-state index contributed by atoms with van der Waals surface area (Å²) in [5.41, 5.74) is 1.50. The molecule has 0 aliphatic heterocycles. The van der Waals surface area contributed by atoms with Crippen LogP contribution >= 0.6 is 27.5 Å². The molecule has 1 aromatic heterocycles. The van der Waals surface area contributed by atoms with E-state index in [1.807, 2.05) is 19.2 Å². The average Bonchev–Trinajstić information content (AvgIpc) is 2.80. The predicted octanol–water partition coefficient (Wildman–Crippen LogP) is 3.40. The van der Waals surface area contributed by atoms with Crippen molar-refractivity contribution in [3.63, 3.8) is 0 Å². The highest BCUT2D eigenvalue weighted by atomic mass is 79.9. The minimum absolute atomic E-state index is 0.602. The molecule has 0 saturated heterocycles. The molecule has 3 nitrogen and oxygen atoms in total. The number of aliphatic hydroxyl groups is 1. The van der Waals surface area contributed by atoms with Gasteiger partial charge in [0.1, 0.15) is 6.10 Å². The maximum atomic E-state index is 10.3. The lowest BCUT2D eigenvalue weighted by molar-refractivity contribution is 0.219. The summed E-state index contributed by atoms with van der Waals surface area (Å²) in [6.45, 7) is 2.78. The monoisotopic (exact) mass is 314 g/mol. The Morgan fingerprint density at radius 1 is 1.53 bits per heavy atom. The maximum absolute atomic E-state index is 10.3. The summed E-state index contributed by atoms with van der Waals surface area (Å²) >= 11 is 9.33. The van der Waals surface area contributed by atoms with Gasteiger partial charge in [0.25, 0.3) is 0 Å². The third-order valence-electron chi connectivity index (χ3n) is 2.55. The molecule has 1 atom stereocenters. The fourth-order valence-electron chi connectivity index (χ4n) is 1.60. The van der Waals surface area contributed by atoms with Crippen LogP contribution in [-0.2, 0) is 6.54 Å². The molecular weight excluding hydrogens is 304 g/mol. The SMILES string of the molecule is CCn1cc(C(O)c2cc(Cl)ccc2Br)cn1. The largest absolute Gasteiger partial charge is 0.383 e. The second-order valence-electron chi connectivity index (χ2n) is 3.70. The third kappa shape index (κ3) is 2.70. The molecule has 0 amide bonds. The average molecular weight is 316 g/mol. The number of benzene rings is 1. The summed E-state index contributed by atoms with van der Waals surface area (Å²) in [7, 11) is 0. The molecule has 17 heavy (non-hydrogen) atoms. The van der Waals surface area contributed by atoms with Gasteiger partial charge >= 0.3 is 0 Å². The molecule has 5 heteroatoms. The van der Waals surface area contributed by atoms with Gasteiger partial charge in [0.15, 0.2) is 0 Å². The topological polar surface area (TPSA) is 38.0 Å². The van der Waals surface area contributed by atoms with Gasteiger partial charge in [0.05, 0.1) is 6.20 Å². The number of rotatable bonds is 3. The van der Waals surface area contributed by atoms with E-state index in [0.717, 1.165) is 22.1 Å². The Kier molecular flexibility index (Phi) is 3.86. The molecule has 0 spiro atoms. The van der Waals surface area contributed by atoms with Gasteiger partial charge in [-0.25, -0.2) is 0 Å². The smallest absolute Gasteiger partial charge is 0.108 e. The van der Waals surface area contributed by atoms with E-state index in [1.165, 1.54) is 0 Å². The van der Waals surface area contributed by atoms with Crippen LogP contribution in [0.2, 0.25) is 5.02 Å². The van der Waals surface area contributed by atoms with Gasteiger partial charge in [-0.3, -0.25) is 4.68 Å². The van der Waals surface area contributed by atoms with E-state index in [-0.39, 0.29) is 0 Å². The van der Waals surface area contributed by atoms with Crippen LogP contribution < -0.4 is 0 Å². The Balaban J connectivity index is 2.35. The molecule has 1 N–H and O–H groups in total. The van der Waals surface area contributed by atoms with E-state index in [1.54, 1.807) is 23.0 Å². The number of aryl methyl sites for hydroxylation is 1. The maximum Gasteiger partial charge on any atom is 0.108 e. The molecule has 1 aromatic carbocycles. The highest BCUT2D eigenvalue weighted by Crippen LogP contribution is 2.30. The predicted molar refractivity (Wildman–Crippen MR) is 71.1 cm³/mol. The van der Waals surface area contributed by atoms with Crippen LogP contribution in [0.15, 0.2) is 35.1 Å². The molecule has 0 fully saturated rings. The van der Waals surface area contributed by atoms with Crippen LogP contribution in [-0.4, -0.2) is 14.9 Å². The van der Waals surface area contributed by atoms with E-state index < -0.39 is 6.10 Å². The third-order valence-corrected chi connectivity index (χ3v) is 3.50. The van der Waals surface area contributed by atoms with Crippen LogP contribution in [0.1, 0.15) is 24.2 Å². The lowest BCUT2D eigenvalue weighted by atomic mass is 10.1. The van der Waals surface area contributed by atoms with E-state index in [0.29, 0.717) is 5.02 Å². The van der Waals surface area contributed by atoms with Gasteiger partial charge in [-0.05, 0) is 25.1 Å². The number of nitrogens with zero attached hydrogens (tertiary/aromatic N) is 2. The zero-order chi connectivity index (χ0) is 12.4. The van der Waals surface area contributed by atoms with E-state index >= 15 is 0 Å². The van der Waals surface area contributed by atoms with E-state index in [2.05, 4.69) is 21.0 Å². The Morgan fingerprint density at radius 2 is 2.29 bits per heavy atom.